The van der Waals surface area contributed by atoms with Crippen LogP contribution in [0.15, 0.2) is 83.5 Å². The number of carbonyl (C=O) groups excluding carboxylic acids is 4. The fourth-order valence-electron chi connectivity index (χ4n) is 3.70. The number of imide groups is 1. The molecule has 2 N–H and O–H groups in total. The van der Waals surface area contributed by atoms with Gasteiger partial charge in [-0.25, -0.2) is 9.69 Å². The summed E-state index contributed by atoms with van der Waals surface area (Å²) in [6, 6.07) is 19.8. The maximum Gasteiger partial charge on any atom is 0.338 e. The van der Waals surface area contributed by atoms with E-state index in [1.165, 1.54) is 6.07 Å². The molecular formula is C28H24ClN3O5. The molecule has 4 rings (SSSR count). The minimum Gasteiger partial charge on any atom is -0.459 e. The van der Waals surface area contributed by atoms with Crippen LogP contribution in [-0.2, 0) is 14.3 Å². The molecule has 188 valence electrons. The first-order valence-corrected chi connectivity index (χ1v) is 11.9. The number of nitrogens with one attached hydrogen (secondary N) is 2. The van der Waals surface area contributed by atoms with E-state index in [9.17, 15) is 19.2 Å². The maximum absolute atomic E-state index is 13.0. The molecule has 0 spiro atoms. The molecule has 1 aliphatic rings. The van der Waals surface area contributed by atoms with Crippen LogP contribution < -0.4 is 15.5 Å². The van der Waals surface area contributed by atoms with Crippen LogP contribution in [0.4, 0.5) is 17.1 Å². The normalized spacial score (nSPS) is 13.3. The first-order valence-electron chi connectivity index (χ1n) is 11.5. The van der Waals surface area contributed by atoms with Gasteiger partial charge in [-0.15, -0.1) is 0 Å². The smallest absolute Gasteiger partial charge is 0.338 e. The number of esters is 1. The number of anilines is 3. The Morgan fingerprint density at radius 3 is 2.24 bits per heavy atom. The molecule has 3 amide bonds. The molecule has 0 atom stereocenters. The molecule has 0 saturated carbocycles. The van der Waals surface area contributed by atoms with Crippen LogP contribution in [0, 0.1) is 6.92 Å². The van der Waals surface area contributed by atoms with Gasteiger partial charge in [0, 0.05) is 16.9 Å². The summed E-state index contributed by atoms with van der Waals surface area (Å²) in [5.41, 5.74) is 2.75. The first kappa shape index (κ1) is 25.7. The third-order valence-electron chi connectivity index (χ3n) is 5.50. The second-order valence-electron chi connectivity index (χ2n) is 8.61. The van der Waals surface area contributed by atoms with Crippen LogP contribution in [0.2, 0.25) is 0 Å². The number of benzene rings is 3. The number of para-hydroxylation sites is 1. The average Bonchev–Trinajstić information content (AvgIpc) is 3.07. The third-order valence-corrected chi connectivity index (χ3v) is 5.85. The Balaban J connectivity index is 1.45. The summed E-state index contributed by atoms with van der Waals surface area (Å²) in [5.74, 6) is -2.05. The van der Waals surface area contributed by atoms with Crippen LogP contribution in [0.3, 0.4) is 0 Å². The van der Waals surface area contributed by atoms with E-state index < -0.39 is 23.7 Å². The summed E-state index contributed by atoms with van der Waals surface area (Å²) in [6.45, 7) is 5.31. The topological polar surface area (TPSA) is 105 Å². The van der Waals surface area contributed by atoms with Gasteiger partial charge in [0.25, 0.3) is 17.7 Å². The van der Waals surface area contributed by atoms with Crippen molar-refractivity contribution in [3.8, 4) is 0 Å². The van der Waals surface area contributed by atoms with E-state index in [1.807, 2.05) is 6.07 Å². The van der Waals surface area contributed by atoms with Gasteiger partial charge in [-0.2, -0.15) is 0 Å². The maximum atomic E-state index is 13.0. The predicted octanol–water partition coefficient (Wildman–Crippen LogP) is 5.25. The molecule has 0 saturated heterocycles. The minimum absolute atomic E-state index is 0.0442. The fraction of sp³-hybridized carbons (Fsp3) is 0.143. The first-order chi connectivity index (χ1) is 17.7. The van der Waals surface area contributed by atoms with Gasteiger partial charge in [-0.3, -0.25) is 14.4 Å². The highest BCUT2D eigenvalue weighted by Crippen LogP contribution is 2.31. The minimum atomic E-state index is -0.612. The van der Waals surface area contributed by atoms with E-state index in [1.54, 1.807) is 81.4 Å². The van der Waals surface area contributed by atoms with Crippen molar-refractivity contribution >= 4 is 52.4 Å². The van der Waals surface area contributed by atoms with Crippen molar-refractivity contribution in [2.75, 3.05) is 15.5 Å². The second-order valence-corrected chi connectivity index (χ2v) is 8.99. The number of carbonyl (C=O) groups is 4. The van der Waals surface area contributed by atoms with Crippen molar-refractivity contribution in [2.24, 2.45) is 0 Å². The molecule has 3 aromatic carbocycles. The van der Waals surface area contributed by atoms with Crippen LogP contribution in [0.25, 0.3) is 0 Å². The lowest BCUT2D eigenvalue weighted by Gasteiger charge is -2.17. The number of rotatable bonds is 7. The highest BCUT2D eigenvalue weighted by atomic mass is 35.5. The van der Waals surface area contributed by atoms with Gasteiger partial charge in [0.05, 0.1) is 17.4 Å². The molecular weight excluding hydrogens is 494 g/mol. The lowest BCUT2D eigenvalue weighted by Crippen LogP contribution is -2.32. The Kier molecular flexibility index (Phi) is 7.40. The van der Waals surface area contributed by atoms with Crippen LogP contribution in [0.5, 0.6) is 0 Å². The number of halogens is 1. The van der Waals surface area contributed by atoms with Crippen molar-refractivity contribution in [3.05, 3.63) is 100 Å². The summed E-state index contributed by atoms with van der Waals surface area (Å²) in [4.78, 5) is 51.6. The molecule has 8 nitrogen and oxygen atoms in total. The number of amides is 3. The van der Waals surface area contributed by atoms with Crippen LogP contribution in [-0.4, -0.2) is 29.8 Å². The summed E-state index contributed by atoms with van der Waals surface area (Å²) < 4.78 is 5.19. The van der Waals surface area contributed by atoms with Gasteiger partial charge in [-0.05, 0) is 74.9 Å². The Labute approximate surface area is 218 Å². The van der Waals surface area contributed by atoms with Crippen molar-refractivity contribution < 1.29 is 23.9 Å². The van der Waals surface area contributed by atoms with Crippen LogP contribution >= 0.6 is 11.6 Å². The molecule has 0 radical (unpaired) electrons. The molecule has 9 heteroatoms. The SMILES string of the molecule is Cc1ccccc1N1C(=O)C(Cl)=C(Nc2ccc(C(=O)Nc3cccc(C(=O)OC(C)C)c3)cc2)C1=O. The molecule has 37 heavy (non-hydrogen) atoms. The van der Waals surface area contributed by atoms with E-state index in [0.29, 0.717) is 28.2 Å². The lowest BCUT2D eigenvalue weighted by molar-refractivity contribution is -0.120. The lowest BCUT2D eigenvalue weighted by atomic mass is 10.1. The molecule has 0 aliphatic carbocycles. The zero-order valence-electron chi connectivity index (χ0n) is 20.4. The van der Waals surface area contributed by atoms with Gasteiger partial charge in [0.2, 0.25) is 0 Å². The van der Waals surface area contributed by atoms with E-state index >= 15 is 0 Å². The number of hydrogen-bond acceptors (Lipinski definition) is 6. The Hall–Kier alpha value is -4.43. The predicted molar refractivity (Wildman–Crippen MR) is 142 cm³/mol. The monoisotopic (exact) mass is 517 g/mol. The highest BCUT2D eigenvalue weighted by Gasteiger charge is 2.39. The van der Waals surface area contributed by atoms with Crippen molar-refractivity contribution in [1.82, 2.24) is 0 Å². The summed E-state index contributed by atoms with van der Waals surface area (Å²) in [6.07, 6.45) is -0.258. The molecule has 0 fully saturated rings. The number of nitrogens with zero attached hydrogens (tertiary/aromatic N) is 1. The largest absolute Gasteiger partial charge is 0.459 e. The molecule has 0 unspecified atom stereocenters. The van der Waals surface area contributed by atoms with E-state index in [2.05, 4.69) is 10.6 Å². The molecule has 0 aromatic heterocycles. The summed E-state index contributed by atoms with van der Waals surface area (Å²) in [5, 5.41) is 5.42. The van der Waals surface area contributed by atoms with Gasteiger partial charge in [0.15, 0.2) is 0 Å². The third kappa shape index (κ3) is 5.54. The van der Waals surface area contributed by atoms with Crippen molar-refractivity contribution in [2.45, 2.75) is 26.9 Å². The second kappa shape index (κ2) is 10.7. The van der Waals surface area contributed by atoms with Gasteiger partial charge < -0.3 is 15.4 Å². The van der Waals surface area contributed by atoms with Gasteiger partial charge in [0.1, 0.15) is 10.7 Å². The van der Waals surface area contributed by atoms with Crippen LogP contribution in [0.1, 0.15) is 40.1 Å². The van der Waals surface area contributed by atoms with Crippen molar-refractivity contribution in [1.29, 1.82) is 0 Å². The zero-order chi connectivity index (χ0) is 26.7. The highest BCUT2D eigenvalue weighted by molar-refractivity contribution is 6.53. The average molecular weight is 518 g/mol. The van der Waals surface area contributed by atoms with Gasteiger partial charge >= 0.3 is 5.97 Å². The molecule has 1 aliphatic heterocycles. The number of aryl methyl sites for hydroxylation is 1. The Morgan fingerprint density at radius 1 is 0.865 bits per heavy atom. The quantitative estimate of drug-likeness (QED) is 0.328. The Morgan fingerprint density at radius 2 is 1.57 bits per heavy atom. The van der Waals surface area contributed by atoms with E-state index in [-0.39, 0.29) is 16.8 Å². The summed E-state index contributed by atoms with van der Waals surface area (Å²) in [7, 11) is 0. The number of hydrogen-bond donors (Lipinski definition) is 2. The molecule has 1 heterocycles. The standard InChI is InChI=1S/C28H24ClN3O5/c1-16(2)37-28(36)19-8-6-9-21(15-19)31-25(33)18-11-13-20(14-12-18)30-24-23(29)26(34)32(27(24)35)22-10-5-4-7-17(22)3/h4-16,30H,1-3H3,(H,31,33). The fourth-order valence-corrected chi connectivity index (χ4v) is 3.92. The number of ether oxygens (including phenoxy) is 1. The summed E-state index contributed by atoms with van der Waals surface area (Å²) >= 11 is 6.21. The Bertz CT molecular complexity index is 1430. The molecule has 0 bridgehead atoms. The van der Waals surface area contributed by atoms with Gasteiger partial charge in [-0.1, -0.05) is 35.9 Å². The molecule has 3 aromatic rings. The zero-order valence-corrected chi connectivity index (χ0v) is 21.1. The van der Waals surface area contributed by atoms with E-state index in [4.69, 9.17) is 16.3 Å². The van der Waals surface area contributed by atoms with Crippen molar-refractivity contribution in [3.63, 3.8) is 0 Å². The van der Waals surface area contributed by atoms with E-state index in [0.717, 1.165) is 10.5 Å².